The molecule has 12 heteroatoms. The fraction of sp³-hybridized carbons (Fsp3) is 0.214. The van der Waals surface area contributed by atoms with Crippen LogP contribution in [-0.4, -0.2) is 42.3 Å². The molecule has 12 nitrogen and oxygen atoms in total. The zero-order valence-electron chi connectivity index (χ0n) is 21.8. The van der Waals surface area contributed by atoms with Gasteiger partial charge in [-0.25, -0.2) is 24.1 Å². The number of aromatic nitrogens is 5. The number of carboxylic acids is 1. The van der Waals surface area contributed by atoms with Crippen LogP contribution in [0.15, 0.2) is 87.4 Å². The summed E-state index contributed by atoms with van der Waals surface area (Å²) in [6.45, 7) is 2.43. The summed E-state index contributed by atoms with van der Waals surface area (Å²) in [6.07, 6.45) is 5.13. The first kappa shape index (κ1) is 26.4. The Morgan fingerprint density at radius 3 is 2.50 bits per heavy atom. The van der Waals surface area contributed by atoms with E-state index in [9.17, 15) is 19.5 Å². The van der Waals surface area contributed by atoms with Gasteiger partial charge in [-0.2, -0.15) is 0 Å². The third kappa shape index (κ3) is 4.70. The van der Waals surface area contributed by atoms with Crippen LogP contribution in [0, 0.1) is 0 Å². The number of pyridine rings is 2. The molecule has 0 fully saturated rings. The fourth-order valence-electron chi connectivity index (χ4n) is 4.36. The van der Waals surface area contributed by atoms with E-state index in [1.165, 1.54) is 38.0 Å². The number of methoxy groups -OCH3 is 1. The lowest BCUT2D eigenvalue weighted by atomic mass is 10.1. The topological polar surface area (TPSA) is 152 Å². The predicted octanol–water partition coefficient (Wildman–Crippen LogP) is 3.26. The lowest BCUT2D eigenvalue weighted by molar-refractivity contribution is -0.146. The van der Waals surface area contributed by atoms with Gasteiger partial charge < -0.3 is 19.0 Å². The number of carbonyl (C=O) groups is 1. The quantitative estimate of drug-likeness (QED) is 0.293. The number of hydrogen-bond donors (Lipinski definition) is 1. The third-order valence-corrected chi connectivity index (χ3v) is 6.49. The van der Waals surface area contributed by atoms with E-state index in [0.29, 0.717) is 21.6 Å². The maximum atomic E-state index is 13.9. The third-order valence-electron chi connectivity index (χ3n) is 6.49. The average molecular weight is 544 g/mol. The molecule has 4 aromatic heterocycles. The number of benzene rings is 1. The predicted molar refractivity (Wildman–Crippen MR) is 143 cm³/mol. The van der Waals surface area contributed by atoms with Crippen molar-refractivity contribution >= 4 is 17.0 Å². The molecule has 0 bridgehead atoms. The van der Waals surface area contributed by atoms with Gasteiger partial charge >= 0.3 is 11.7 Å². The van der Waals surface area contributed by atoms with E-state index < -0.39 is 28.9 Å². The van der Waals surface area contributed by atoms with Gasteiger partial charge in [0.05, 0.1) is 25.4 Å². The summed E-state index contributed by atoms with van der Waals surface area (Å²) >= 11 is 0. The van der Waals surface area contributed by atoms with Crippen LogP contribution in [0.1, 0.15) is 25.5 Å². The lowest BCUT2D eigenvalue weighted by Crippen LogP contribution is -2.53. The number of aliphatic carboxylic acids is 1. The highest BCUT2D eigenvalue weighted by Crippen LogP contribution is 2.31. The van der Waals surface area contributed by atoms with Crippen molar-refractivity contribution < 1.29 is 23.8 Å². The Morgan fingerprint density at radius 1 is 1.07 bits per heavy atom. The highest BCUT2D eigenvalue weighted by atomic mass is 16.5. The summed E-state index contributed by atoms with van der Waals surface area (Å²) < 4.78 is 19.2. The van der Waals surface area contributed by atoms with Crippen LogP contribution in [0.3, 0.4) is 0 Å². The Morgan fingerprint density at radius 2 is 1.82 bits per heavy atom. The first-order valence-corrected chi connectivity index (χ1v) is 12.2. The molecular weight excluding hydrogens is 518 g/mol. The minimum absolute atomic E-state index is 0.117. The molecule has 0 aliphatic carbocycles. The molecule has 204 valence electrons. The summed E-state index contributed by atoms with van der Waals surface area (Å²) in [6, 6.07) is 13.6. The molecule has 0 unspecified atom stereocenters. The maximum absolute atomic E-state index is 13.9. The van der Waals surface area contributed by atoms with Gasteiger partial charge in [0.2, 0.25) is 5.89 Å². The van der Waals surface area contributed by atoms with Crippen molar-refractivity contribution in [2.45, 2.75) is 32.0 Å². The van der Waals surface area contributed by atoms with Crippen LogP contribution in [0.2, 0.25) is 0 Å². The van der Waals surface area contributed by atoms with Crippen molar-refractivity contribution in [2.75, 3.05) is 7.11 Å². The summed E-state index contributed by atoms with van der Waals surface area (Å²) in [7, 11) is 1.52. The van der Waals surface area contributed by atoms with E-state index in [1.807, 2.05) is 0 Å². The van der Waals surface area contributed by atoms with Gasteiger partial charge in [-0.05, 0) is 44.2 Å². The van der Waals surface area contributed by atoms with Crippen molar-refractivity contribution in [2.24, 2.45) is 0 Å². The standard InChI is InChI=1S/C28H25N5O7/c1-28(2,26(35)36)33-25(34)23-20(9-8-19(31-23)24-30-14-15-39-24)32(27(33)37)16-22(40-17-10-12-29-13-11-17)18-6-4-5-7-21(18)38-3/h4-15,22H,16H2,1-3H3,(H,35,36)/t22-/m0/s1. The molecule has 0 saturated carbocycles. The van der Waals surface area contributed by atoms with E-state index in [2.05, 4.69) is 15.0 Å². The highest BCUT2D eigenvalue weighted by molar-refractivity contribution is 5.79. The van der Waals surface area contributed by atoms with Gasteiger partial charge in [-0.15, -0.1) is 0 Å². The molecular formula is C28H25N5O7. The van der Waals surface area contributed by atoms with E-state index in [1.54, 1.807) is 60.9 Å². The fourth-order valence-corrected chi connectivity index (χ4v) is 4.36. The van der Waals surface area contributed by atoms with Crippen LogP contribution < -0.4 is 20.7 Å². The summed E-state index contributed by atoms with van der Waals surface area (Å²) in [5.74, 6) is -0.207. The highest BCUT2D eigenvalue weighted by Gasteiger charge is 2.35. The molecule has 0 spiro atoms. The maximum Gasteiger partial charge on any atom is 0.332 e. The smallest absolute Gasteiger partial charge is 0.332 e. The number of fused-ring (bicyclic) bond motifs is 1. The average Bonchev–Trinajstić information content (AvgIpc) is 3.50. The van der Waals surface area contributed by atoms with E-state index in [-0.39, 0.29) is 29.2 Å². The normalized spacial score (nSPS) is 12.3. The van der Waals surface area contributed by atoms with Crippen LogP contribution in [0.25, 0.3) is 22.6 Å². The van der Waals surface area contributed by atoms with Gasteiger partial charge in [0.25, 0.3) is 5.56 Å². The second-order valence-electron chi connectivity index (χ2n) is 9.33. The Bertz CT molecular complexity index is 1790. The van der Waals surface area contributed by atoms with Gasteiger partial charge in [0, 0.05) is 18.0 Å². The summed E-state index contributed by atoms with van der Waals surface area (Å²) in [5.41, 5.74) is -2.67. The van der Waals surface area contributed by atoms with Crippen LogP contribution in [-0.2, 0) is 16.9 Å². The number of hydrogen-bond acceptors (Lipinski definition) is 9. The van der Waals surface area contributed by atoms with Crippen LogP contribution >= 0.6 is 0 Å². The minimum atomic E-state index is -1.89. The van der Waals surface area contributed by atoms with Crippen molar-refractivity contribution in [1.29, 1.82) is 0 Å². The minimum Gasteiger partial charge on any atom is -0.496 e. The molecule has 0 aliphatic rings. The molecule has 0 radical (unpaired) electrons. The first-order valence-electron chi connectivity index (χ1n) is 12.2. The van der Waals surface area contributed by atoms with Crippen molar-refractivity contribution in [3.05, 3.63) is 99.8 Å². The molecule has 4 heterocycles. The molecule has 1 atom stereocenters. The zero-order valence-corrected chi connectivity index (χ0v) is 21.8. The first-order chi connectivity index (χ1) is 19.2. The number of carboxylic acid groups (broad SMARTS) is 1. The van der Waals surface area contributed by atoms with E-state index in [4.69, 9.17) is 13.9 Å². The molecule has 5 aromatic rings. The summed E-state index contributed by atoms with van der Waals surface area (Å²) in [4.78, 5) is 52.3. The van der Waals surface area contributed by atoms with Gasteiger partial charge in [0.15, 0.2) is 5.52 Å². The molecule has 1 N–H and O–H groups in total. The van der Waals surface area contributed by atoms with Crippen LogP contribution in [0.4, 0.5) is 0 Å². The Kier molecular flexibility index (Phi) is 6.91. The number of para-hydroxylation sites is 1. The lowest BCUT2D eigenvalue weighted by Gasteiger charge is -2.26. The number of ether oxygens (including phenoxy) is 2. The van der Waals surface area contributed by atoms with Crippen molar-refractivity contribution in [1.82, 2.24) is 24.1 Å². The van der Waals surface area contributed by atoms with Crippen molar-refractivity contribution in [3.63, 3.8) is 0 Å². The largest absolute Gasteiger partial charge is 0.496 e. The molecule has 0 saturated heterocycles. The Labute approximate surface area is 227 Å². The molecule has 1 aromatic carbocycles. The van der Waals surface area contributed by atoms with Gasteiger partial charge in [0.1, 0.15) is 35.1 Å². The van der Waals surface area contributed by atoms with E-state index in [0.717, 1.165) is 0 Å². The molecule has 0 aliphatic heterocycles. The zero-order chi connectivity index (χ0) is 28.4. The Hall–Kier alpha value is -5.26. The molecule has 5 rings (SSSR count). The number of nitrogens with zero attached hydrogens (tertiary/aromatic N) is 5. The Balaban J connectivity index is 1.77. The molecule has 0 amide bonds. The number of rotatable bonds is 9. The van der Waals surface area contributed by atoms with Gasteiger partial charge in [-0.1, -0.05) is 18.2 Å². The van der Waals surface area contributed by atoms with Crippen LogP contribution in [0.5, 0.6) is 11.5 Å². The second-order valence-corrected chi connectivity index (χ2v) is 9.33. The summed E-state index contributed by atoms with van der Waals surface area (Å²) in [5, 5.41) is 9.93. The van der Waals surface area contributed by atoms with Crippen molar-refractivity contribution in [3.8, 4) is 23.1 Å². The monoisotopic (exact) mass is 543 g/mol. The molecule has 40 heavy (non-hydrogen) atoms. The SMILES string of the molecule is COc1ccccc1[C@H](Cn1c(=O)n(C(C)(C)C(=O)O)c(=O)c2nc(-c3ncco3)ccc21)Oc1ccncc1. The second kappa shape index (κ2) is 10.5. The number of oxazole rings is 1. The van der Waals surface area contributed by atoms with Gasteiger partial charge in [-0.3, -0.25) is 14.3 Å². The van der Waals surface area contributed by atoms with E-state index >= 15 is 0 Å².